The zero-order valence-corrected chi connectivity index (χ0v) is 12.1. The molecule has 0 saturated heterocycles. The van der Waals surface area contributed by atoms with Crippen LogP contribution >= 0.6 is 0 Å². The third-order valence-electron chi connectivity index (χ3n) is 5.51. The molecule has 106 valence electrons. The Morgan fingerprint density at radius 2 is 1.78 bits per heavy atom. The molecule has 0 amide bonds. The first-order chi connectivity index (χ1) is 8.14. The van der Waals surface area contributed by atoms with Crippen LogP contribution < -0.4 is 0 Å². The molecule has 3 heteroatoms. The summed E-state index contributed by atoms with van der Waals surface area (Å²) < 4.78 is 0. The Balaban J connectivity index is 2.32. The van der Waals surface area contributed by atoms with E-state index in [1.807, 2.05) is 20.8 Å². The summed E-state index contributed by atoms with van der Waals surface area (Å²) in [4.78, 5) is 0. The quantitative estimate of drug-likeness (QED) is 0.672. The highest BCUT2D eigenvalue weighted by Crippen LogP contribution is 2.52. The van der Waals surface area contributed by atoms with Gasteiger partial charge in [-0.3, -0.25) is 0 Å². The van der Waals surface area contributed by atoms with Crippen molar-refractivity contribution in [3.63, 3.8) is 0 Å². The Kier molecular flexibility index (Phi) is 3.54. The van der Waals surface area contributed by atoms with Crippen LogP contribution in [0.2, 0.25) is 0 Å². The van der Waals surface area contributed by atoms with Crippen LogP contribution in [-0.2, 0) is 0 Å². The molecule has 0 aromatic rings. The minimum absolute atomic E-state index is 0.0255. The molecule has 0 spiro atoms. The molecule has 0 aromatic carbocycles. The van der Waals surface area contributed by atoms with Crippen molar-refractivity contribution in [1.29, 1.82) is 0 Å². The average molecular weight is 256 g/mol. The van der Waals surface area contributed by atoms with Crippen LogP contribution in [0, 0.1) is 23.7 Å². The fourth-order valence-corrected chi connectivity index (χ4v) is 4.32. The first-order valence-electron chi connectivity index (χ1n) is 7.27. The molecule has 6 unspecified atom stereocenters. The Morgan fingerprint density at radius 3 is 2.33 bits per heavy atom. The van der Waals surface area contributed by atoms with Gasteiger partial charge in [-0.1, -0.05) is 6.92 Å². The van der Waals surface area contributed by atoms with E-state index in [0.717, 1.165) is 25.7 Å². The Bertz CT molecular complexity index is 303. The fourth-order valence-electron chi connectivity index (χ4n) is 4.32. The number of aliphatic hydroxyl groups is 3. The van der Waals surface area contributed by atoms with Gasteiger partial charge in [0.2, 0.25) is 0 Å². The number of rotatable bonds is 1. The third kappa shape index (κ3) is 2.33. The lowest BCUT2D eigenvalue weighted by Crippen LogP contribution is -2.58. The van der Waals surface area contributed by atoms with E-state index >= 15 is 0 Å². The molecule has 2 rings (SSSR count). The van der Waals surface area contributed by atoms with Gasteiger partial charge in [-0.05, 0) is 70.1 Å². The van der Waals surface area contributed by atoms with E-state index in [2.05, 4.69) is 6.92 Å². The smallest absolute Gasteiger partial charge is 0.0651 e. The van der Waals surface area contributed by atoms with E-state index in [0.29, 0.717) is 0 Å². The molecule has 0 aromatic heterocycles. The summed E-state index contributed by atoms with van der Waals surface area (Å²) in [6, 6.07) is 0. The topological polar surface area (TPSA) is 60.7 Å². The molecule has 0 aliphatic heterocycles. The summed E-state index contributed by atoms with van der Waals surface area (Å²) in [5.41, 5.74) is -1.47. The molecule has 0 heterocycles. The molecule has 2 saturated carbocycles. The Morgan fingerprint density at radius 1 is 1.17 bits per heavy atom. The van der Waals surface area contributed by atoms with Crippen LogP contribution in [0.1, 0.15) is 53.4 Å². The van der Waals surface area contributed by atoms with Crippen molar-refractivity contribution in [1.82, 2.24) is 0 Å². The van der Waals surface area contributed by atoms with Crippen molar-refractivity contribution in [2.45, 2.75) is 70.7 Å². The monoisotopic (exact) mass is 256 g/mol. The van der Waals surface area contributed by atoms with E-state index < -0.39 is 17.3 Å². The molecular weight excluding hydrogens is 228 g/mol. The van der Waals surface area contributed by atoms with Crippen molar-refractivity contribution in [2.75, 3.05) is 0 Å². The molecule has 0 radical (unpaired) electrons. The lowest BCUT2D eigenvalue weighted by molar-refractivity contribution is -0.179. The maximum absolute atomic E-state index is 10.6. The molecule has 3 nitrogen and oxygen atoms in total. The highest BCUT2D eigenvalue weighted by molar-refractivity contribution is 5.04. The standard InChI is InChI=1S/C15H28O3/c1-9-5-6-11-12(13(9)16)10(14(2,3)17)7-8-15(11,4)18/h9-13,16-18H,5-8H2,1-4H3. The largest absolute Gasteiger partial charge is 0.393 e. The van der Waals surface area contributed by atoms with Gasteiger partial charge < -0.3 is 15.3 Å². The number of aliphatic hydroxyl groups excluding tert-OH is 1. The van der Waals surface area contributed by atoms with Gasteiger partial charge in [0.1, 0.15) is 0 Å². The predicted octanol–water partition coefficient (Wildman–Crippen LogP) is 1.94. The van der Waals surface area contributed by atoms with Gasteiger partial charge >= 0.3 is 0 Å². The Hall–Kier alpha value is -0.120. The van der Waals surface area contributed by atoms with Crippen LogP contribution in [0.15, 0.2) is 0 Å². The van der Waals surface area contributed by atoms with Crippen molar-refractivity contribution in [3.8, 4) is 0 Å². The normalized spacial score (nSPS) is 49.8. The molecular formula is C15H28O3. The maximum Gasteiger partial charge on any atom is 0.0651 e. The average Bonchev–Trinajstić information content (AvgIpc) is 2.21. The zero-order chi connectivity index (χ0) is 13.7. The second-order valence-electron chi connectivity index (χ2n) is 7.39. The van der Waals surface area contributed by atoms with Crippen LogP contribution in [0.4, 0.5) is 0 Å². The molecule has 2 fully saturated rings. The van der Waals surface area contributed by atoms with Crippen LogP contribution in [-0.4, -0.2) is 32.6 Å². The van der Waals surface area contributed by atoms with Gasteiger partial charge in [-0.25, -0.2) is 0 Å². The van der Waals surface area contributed by atoms with E-state index in [1.165, 1.54) is 0 Å². The molecule has 0 bridgehead atoms. The van der Waals surface area contributed by atoms with Gasteiger partial charge in [-0.2, -0.15) is 0 Å². The highest BCUT2D eigenvalue weighted by atomic mass is 16.3. The lowest BCUT2D eigenvalue weighted by Gasteiger charge is -2.55. The summed E-state index contributed by atoms with van der Waals surface area (Å²) in [7, 11) is 0. The Labute approximate surface area is 110 Å². The van der Waals surface area contributed by atoms with Crippen molar-refractivity contribution < 1.29 is 15.3 Å². The van der Waals surface area contributed by atoms with Gasteiger partial charge in [0, 0.05) is 0 Å². The minimum atomic E-state index is -0.780. The van der Waals surface area contributed by atoms with Gasteiger partial charge in [0.15, 0.2) is 0 Å². The zero-order valence-electron chi connectivity index (χ0n) is 12.1. The summed E-state index contributed by atoms with van der Waals surface area (Å²) in [5.74, 6) is 0.497. The first kappa shape index (κ1) is 14.3. The molecule has 2 aliphatic rings. The van der Waals surface area contributed by atoms with Crippen molar-refractivity contribution in [3.05, 3.63) is 0 Å². The molecule has 3 N–H and O–H groups in total. The second-order valence-corrected chi connectivity index (χ2v) is 7.39. The number of hydrogen-bond donors (Lipinski definition) is 3. The van der Waals surface area contributed by atoms with Crippen LogP contribution in [0.5, 0.6) is 0 Å². The highest BCUT2D eigenvalue weighted by Gasteiger charge is 2.54. The van der Waals surface area contributed by atoms with Gasteiger partial charge in [-0.15, -0.1) is 0 Å². The maximum atomic E-state index is 10.6. The second kappa shape index (κ2) is 4.46. The van der Waals surface area contributed by atoms with E-state index in [4.69, 9.17) is 0 Å². The SMILES string of the molecule is CC1CCC2C(C1O)C(C(C)(C)O)CCC2(C)O. The minimum Gasteiger partial charge on any atom is -0.393 e. The van der Waals surface area contributed by atoms with Crippen molar-refractivity contribution in [2.24, 2.45) is 23.7 Å². The molecule has 18 heavy (non-hydrogen) atoms. The first-order valence-corrected chi connectivity index (χ1v) is 7.27. The summed E-state index contributed by atoms with van der Waals surface area (Å²) in [5, 5.41) is 31.4. The van der Waals surface area contributed by atoms with E-state index in [1.54, 1.807) is 0 Å². The summed E-state index contributed by atoms with van der Waals surface area (Å²) in [6.07, 6.45) is 3.05. The summed E-state index contributed by atoms with van der Waals surface area (Å²) >= 11 is 0. The van der Waals surface area contributed by atoms with E-state index in [9.17, 15) is 15.3 Å². The lowest BCUT2D eigenvalue weighted by atomic mass is 9.54. The van der Waals surface area contributed by atoms with Gasteiger partial charge in [0.05, 0.1) is 17.3 Å². The van der Waals surface area contributed by atoms with Crippen LogP contribution in [0.3, 0.4) is 0 Å². The molecule has 2 aliphatic carbocycles. The number of fused-ring (bicyclic) bond motifs is 1. The molecule has 6 atom stereocenters. The summed E-state index contributed by atoms with van der Waals surface area (Å²) in [6.45, 7) is 7.64. The predicted molar refractivity (Wildman–Crippen MR) is 71.0 cm³/mol. The number of hydrogen-bond acceptors (Lipinski definition) is 3. The van der Waals surface area contributed by atoms with Crippen molar-refractivity contribution >= 4 is 0 Å². The van der Waals surface area contributed by atoms with Gasteiger partial charge in [0.25, 0.3) is 0 Å². The van der Waals surface area contributed by atoms with E-state index in [-0.39, 0.29) is 23.7 Å². The van der Waals surface area contributed by atoms with Crippen LogP contribution in [0.25, 0.3) is 0 Å². The fraction of sp³-hybridized carbons (Fsp3) is 1.00. The third-order valence-corrected chi connectivity index (χ3v) is 5.51.